The van der Waals surface area contributed by atoms with E-state index >= 15 is 0 Å². The van der Waals surface area contributed by atoms with E-state index in [0.717, 1.165) is 27.2 Å². The van der Waals surface area contributed by atoms with Gasteiger partial charge in [0.05, 0.1) is 18.4 Å². The number of piperidine rings is 1. The molecule has 1 N–H and O–H groups in total. The number of hydrogen-bond donors (Lipinski definition) is 1. The zero-order chi connectivity index (χ0) is 21.8. The number of aromatic nitrogens is 2. The smallest absolute Gasteiger partial charge is 0.308 e. The number of aryl methyl sites for hydroxylation is 1. The van der Waals surface area contributed by atoms with Gasteiger partial charge >= 0.3 is 5.97 Å². The first kappa shape index (κ1) is 21.2. The highest BCUT2D eigenvalue weighted by atomic mass is 32.1. The van der Waals surface area contributed by atoms with Gasteiger partial charge in [-0.05, 0) is 25.3 Å². The van der Waals surface area contributed by atoms with Crippen LogP contribution in [0.15, 0.2) is 36.7 Å². The Kier molecular flexibility index (Phi) is 6.46. The monoisotopic (exact) mass is 438 g/mol. The molecule has 7 nitrogen and oxygen atoms in total. The fourth-order valence-corrected chi connectivity index (χ4v) is 5.12. The highest BCUT2D eigenvalue weighted by Crippen LogP contribution is 2.40. The Hall–Kier alpha value is -3.00. The van der Waals surface area contributed by atoms with Crippen molar-refractivity contribution in [2.24, 2.45) is 5.92 Å². The van der Waals surface area contributed by atoms with Crippen molar-refractivity contribution in [3.05, 3.63) is 41.5 Å². The number of carbonyl (C=O) groups excluding carboxylic acids is 2. The predicted molar refractivity (Wildman–Crippen MR) is 122 cm³/mol. The Morgan fingerprint density at radius 1 is 1.19 bits per heavy atom. The second kappa shape index (κ2) is 9.43. The van der Waals surface area contributed by atoms with Crippen LogP contribution in [-0.4, -0.2) is 53.5 Å². The molecule has 0 radical (unpaired) electrons. The van der Waals surface area contributed by atoms with Crippen molar-refractivity contribution in [2.75, 3.05) is 32.1 Å². The SMILES string of the molecule is COC(=O)C1CCN(C(=O)CCNc2ncnc3sc(C)c(-c4ccccc4)c23)CC1. The summed E-state index contributed by atoms with van der Waals surface area (Å²) in [6.45, 7) is 3.78. The molecule has 1 amide bonds. The number of likely N-dealkylation sites (tertiary alicyclic amines) is 1. The normalized spacial score (nSPS) is 14.6. The van der Waals surface area contributed by atoms with E-state index in [4.69, 9.17) is 4.74 Å². The molecule has 162 valence electrons. The average Bonchev–Trinajstić information content (AvgIpc) is 3.15. The van der Waals surface area contributed by atoms with Gasteiger partial charge in [-0.2, -0.15) is 0 Å². The van der Waals surface area contributed by atoms with E-state index in [2.05, 4.69) is 34.3 Å². The van der Waals surface area contributed by atoms with Crippen molar-refractivity contribution in [3.8, 4) is 11.1 Å². The van der Waals surface area contributed by atoms with Crippen molar-refractivity contribution in [1.29, 1.82) is 0 Å². The largest absolute Gasteiger partial charge is 0.469 e. The molecule has 1 aliphatic heterocycles. The van der Waals surface area contributed by atoms with Gasteiger partial charge < -0.3 is 15.0 Å². The number of esters is 1. The minimum Gasteiger partial charge on any atom is -0.469 e. The fourth-order valence-electron chi connectivity index (χ4n) is 4.11. The maximum absolute atomic E-state index is 12.6. The number of hydrogen-bond acceptors (Lipinski definition) is 7. The molecule has 3 aromatic rings. The summed E-state index contributed by atoms with van der Waals surface area (Å²) in [5.74, 6) is 0.567. The van der Waals surface area contributed by atoms with Crippen molar-refractivity contribution in [1.82, 2.24) is 14.9 Å². The van der Waals surface area contributed by atoms with E-state index in [1.165, 1.54) is 12.0 Å². The molecule has 31 heavy (non-hydrogen) atoms. The van der Waals surface area contributed by atoms with Gasteiger partial charge in [0.1, 0.15) is 17.0 Å². The topological polar surface area (TPSA) is 84.4 Å². The molecule has 1 aromatic carbocycles. The molecule has 4 rings (SSSR count). The van der Waals surface area contributed by atoms with Crippen LogP contribution in [0.3, 0.4) is 0 Å². The van der Waals surface area contributed by atoms with Gasteiger partial charge in [-0.1, -0.05) is 30.3 Å². The second-order valence-electron chi connectivity index (χ2n) is 7.66. The standard InChI is InChI=1S/C23H26N4O3S/c1-15-19(16-6-4-3-5-7-16)20-21(25-14-26-22(20)31-15)24-11-8-18(28)27-12-9-17(10-13-27)23(29)30-2/h3-7,14,17H,8-13H2,1-2H3,(H,24,25,26). The number of nitrogens with one attached hydrogen (secondary N) is 1. The van der Waals surface area contributed by atoms with Gasteiger partial charge in [0.15, 0.2) is 0 Å². The summed E-state index contributed by atoms with van der Waals surface area (Å²) in [6.07, 6.45) is 3.26. The predicted octanol–water partition coefficient (Wildman–Crippen LogP) is 3.88. The molecule has 8 heteroatoms. The van der Waals surface area contributed by atoms with Gasteiger partial charge in [-0.25, -0.2) is 9.97 Å². The van der Waals surface area contributed by atoms with E-state index in [1.807, 2.05) is 23.1 Å². The summed E-state index contributed by atoms with van der Waals surface area (Å²) in [5.41, 5.74) is 2.27. The van der Waals surface area contributed by atoms with Crippen molar-refractivity contribution in [3.63, 3.8) is 0 Å². The Balaban J connectivity index is 1.42. The Morgan fingerprint density at radius 3 is 2.65 bits per heavy atom. The van der Waals surface area contributed by atoms with Crippen LogP contribution < -0.4 is 5.32 Å². The number of thiophene rings is 1. The number of methoxy groups -OCH3 is 1. The van der Waals surface area contributed by atoms with E-state index in [0.29, 0.717) is 38.9 Å². The van der Waals surface area contributed by atoms with Crippen LogP contribution in [0.25, 0.3) is 21.3 Å². The van der Waals surface area contributed by atoms with Crippen molar-refractivity contribution in [2.45, 2.75) is 26.2 Å². The molecule has 0 saturated carbocycles. The second-order valence-corrected chi connectivity index (χ2v) is 8.86. The van der Waals surface area contributed by atoms with E-state index in [9.17, 15) is 9.59 Å². The van der Waals surface area contributed by atoms with Crippen LogP contribution in [0.5, 0.6) is 0 Å². The van der Waals surface area contributed by atoms with Gasteiger partial charge in [0.2, 0.25) is 5.91 Å². The third-order valence-corrected chi connectivity index (χ3v) is 6.75. The molecule has 1 saturated heterocycles. The third kappa shape index (κ3) is 4.54. The molecule has 0 bridgehead atoms. The molecule has 0 spiro atoms. The molecule has 0 aliphatic carbocycles. The molecular formula is C23H26N4O3S. The summed E-state index contributed by atoms with van der Waals surface area (Å²) in [6, 6.07) is 10.2. The molecule has 1 fully saturated rings. The lowest BCUT2D eigenvalue weighted by Gasteiger charge is -2.30. The van der Waals surface area contributed by atoms with Gasteiger partial charge in [0, 0.05) is 36.5 Å². The number of fused-ring (bicyclic) bond motifs is 1. The molecule has 0 atom stereocenters. The maximum atomic E-state index is 12.6. The Bertz CT molecular complexity index is 1080. The number of anilines is 1. The minimum absolute atomic E-state index is 0.0888. The van der Waals surface area contributed by atoms with Crippen LogP contribution in [0.4, 0.5) is 5.82 Å². The zero-order valence-electron chi connectivity index (χ0n) is 17.8. The Labute approximate surface area is 185 Å². The molecule has 0 unspecified atom stereocenters. The highest BCUT2D eigenvalue weighted by Gasteiger charge is 2.27. The van der Waals surface area contributed by atoms with Gasteiger partial charge in [-0.15, -0.1) is 11.3 Å². The summed E-state index contributed by atoms with van der Waals surface area (Å²) in [7, 11) is 1.41. The number of amides is 1. The lowest BCUT2D eigenvalue weighted by atomic mass is 9.97. The quantitative estimate of drug-likeness (QED) is 0.588. The van der Waals surface area contributed by atoms with Crippen LogP contribution in [-0.2, 0) is 14.3 Å². The van der Waals surface area contributed by atoms with Gasteiger partial charge in [-0.3, -0.25) is 9.59 Å². The van der Waals surface area contributed by atoms with E-state index in [1.54, 1.807) is 17.7 Å². The first-order valence-corrected chi connectivity index (χ1v) is 11.3. The van der Waals surface area contributed by atoms with E-state index < -0.39 is 0 Å². The average molecular weight is 439 g/mol. The van der Waals surface area contributed by atoms with Gasteiger partial charge in [0.25, 0.3) is 0 Å². The van der Waals surface area contributed by atoms with Crippen molar-refractivity contribution < 1.29 is 14.3 Å². The molecule has 3 heterocycles. The lowest BCUT2D eigenvalue weighted by molar-refractivity contribution is -0.148. The zero-order valence-corrected chi connectivity index (χ0v) is 18.6. The van der Waals surface area contributed by atoms with Crippen LogP contribution >= 0.6 is 11.3 Å². The summed E-state index contributed by atoms with van der Waals surface area (Å²) in [4.78, 5) is 37.2. The molecule has 1 aliphatic rings. The first-order valence-electron chi connectivity index (χ1n) is 10.5. The highest BCUT2D eigenvalue weighted by molar-refractivity contribution is 7.19. The lowest BCUT2D eigenvalue weighted by Crippen LogP contribution is -2.41. The summed E-state index contributed by atoms with van der Waals surface area (Å²) in [5, 5.41) is 4.35. The number of rotatable bonds is 6. The summed E-state index contributed by atoms with van der Waals surface area (Å²) < 4.78 is 4.81. The number of carbonyl (C=O) groups is 2. The number of benzene rings is 1. The van der Waals surface area contributed by atoms with E-state index in [-0.39, 0.29) is 17.8 Å². The van der Waals surface area contributed by atoms with Crippen LogP contribution in [0, 0.1) is 12.8 Å². The fraction of sp³-hybridized carbons (Fsp3) is 0.391. The minimum atomic E-state index is -0.179. The third-order valence-electron chi connectivity index (χ3n) is 5.74. The van der Waals surface area contributed by atoms with Crippen LogP contribution in [0.1, 0.15) is 24.1 Å². The molecule has 2 aromatic heterocycles. The van der Waals surface area contributed by atoms with Crippen molar-refractivity contribution >= 4 is 39.2 Å². The molecular weight excluding hydrogens is 412 g/mol. The Morgan fingerprint density at radius 2 is 1.94 bits per heavy atom. The number of ether oxygens (including phenoxy) is 1. The van der Waals surface area contributed by atoms with Crippen LogP contribution in [0.2, 0.25) is 0 Å². The maximum Gasteiger partial charge on any atom is 0.308 e. The number of nitrogens with zero attached hydrogens (tertiary/aromatic N) is 3. The summed E-state index contributed by atoms with van der Waals surface area (Å²) >= 11 is 1.65. The first-order chi connectivity index (χ1) is 15.1.